The molecule has 0 spiro atoms. The summed E-state index contributed by atoms with van der Waals surface area (Å²) in [5.74, 6) is 0.909. The molecule has 19 heavy (non-hydrogen) atoms. The summed E-state index contributed by atoms with van der Waals surface area (Å²) in [5, 5.41) is 9.76. The minimum Gasteiger partial charge on any atom is -0.504 e. The number of ether oxygens (including phenoxy) is 1. The monoisotopic (exact) mass is 263 g/mol. The van der Waals surface area contributed by atoms with Gasteiger partial charge in [-0.25, -0.2) is 0 Å². The van der Waals surface area contributed by atoms with Gasteiger partial charge in [0.15, 0.2) is 11.5 Å². The molecule has 1 aromatic carbocycles. The Bertz CT molecular complexity index is 472. The maximum absolute atomic E-state index is 12.5. The Morgan fingerprint density at radius 1 is 1.37 bits per heavy atom. The predicted molar refractivity (Wildman–Crippen MR) is 73.6 cm³/mol. The van der Waals surface area contributed by atoms with Crippen LogP contribution in [0.1, 0.15) is 37.0 Å². The van der Waals surface area contributed by atoms with Gasteiger partial charge in [0.25, 0.3) is 5.91 Å². The van der Waals surface area contributed by atoms with Crippen LogP contribution in [0, 0.1) is 5.92 Å². The van der Waals surface area contributed by atoms with E-state index in [1.54, 1.807) is 12.1 Å². The highest BCUT2D eigenvalue weighted by molar-refractivity contribution is 5.95. The van der Waals surface area contributed by atoms with Crippen LogP contribution in [0.5, 0.6) is 11.5 Å². The van der Waals surface area contributed by atoms with Crippen molar-refractivity contribution in [3.63, 3.8) is 0 Å². The summed E-state index contributed by atoms with van der Waals surface area (Å²) in [6.07, 6.45) is 2.20. The molecule has 2 unspecified atom stereocenters. The molecule has 0 aliphatic carbocycles. The molecule has 1 amide bonds. The zero-order valence-corrected chi connectivity index (χ0v) is 11.7. The van der Waals surface area contributed by atoms with Crippen molar-refractivity contribution >= 4 is 5.91 Å². The average Bonchev–Trinajstić information content (AvgIpc) is 2.40. The molecule has 1 aliphatic rings. The third-order valence-electron chi connectivity index (χ3n) is 3.80. The Labute approximate surface area is 114 Å². The zero-order chi connectivity index (χ0) is 14.0. The Morgan fingerprint density at radius 3 is 2.74 bits per heavy atom. The lowest BCUT2D eigenvalue weighted by atomic mass is 9.94. The lowest BCUT2D eigenvalue weighted by Crippen LogP contribution is -2.44. The van der Waals surface area contributed by atoms with Gasteiger partial charge in [-0.2, -0.15) is 0 Å². The van der Waals surface area contributed by atoms with Gasteiger partial charge in [0.2, 0.25) is 0 Å². The third kappa shape index (κ3) is 2.83. The molecule has 1 fully saturated rings. The normalized spacial score (nSPS) is 23.2. The third-order valence-corrected chi connectivity index (χ3v) is 3.80. The van der Waals surface area contributed by atoms with Crippen LogP contribution in [0.2, 0.25) is 0 Å². The van der Waals surface area contributed by atoms with Crippen molar-refractivity contribution in [1.29, 1.82) is 0 Å². The molecule has 1 N–H and O–H groups in total. The minimum absolute atomic E-state index is 0.00561. The van der Waals surface area contributed by atoms with Gasteiger partial charge < -0.3 is 14.7 Å². The SMILES string of the molecule is COc1ccc(C(=O)N2CC(C)CCC2C)cc1O. The van der Waals surface area contributed by atoms with Gasteiger partial charge in [-0.3, -0.25) is 4.79 Å². The number of piperidine rings is 1. The van der Waals surface area contributed by atoms with Crippen molar-refractivity contribution in [2.45, 2.75) is 32.7 Å². The van der Waals surface area contributed by atoms with Crippen LogP contribution in [0.4, 0.5) is 0 Å². The highest BCUT2D eigenvalue weighted by Crippen LogP contribution is 2.28. The molecular weight excluding hydrogens is 242 g/mol. The number of hydrogen-bond acceptors (Lipinski definition) is 3. The molecule has 2 atom stereocenters. The van der Waals surface area contributed by atoms with Crippen LogP contribution in [-0.2, 0) is 0 Å². The Hall–Kier alpha value is -1.71. The number of hydrogen-bond donors (Lipinski definition) is 1. The van der Waals surface area contributed by atoms with Gasteiger partial charge in [0.05, 0.1) is 7.11 Å². The molecule has 1 saturated heterocycles. The Morgan fingerprint density at radius 2 is 2.11 bits per heavy atom. The smallest absolute Gasteiger partial charge is 0.254 e. The first-order valence-corrected chi connectivity index (χ1v) is 6.71. The van der Waals surface area contributed by atoms with E-state index >= 15 is 0 Å². The van der Waals surface area contributed by atoms with Crippen LogP contribution in [0.25, 0.3) is 0 Å². The first-order chi connectivity index (χ1) is 9.02. The number of carbonyl (C=O) groups is 1. The fraction of sp³-hybridized carbons (Fsp3) is 0.533. The fourth-order valence-corrected chi connectivity index (χ4v) is 2.56. The van der Waals surface area contributed by atoms with E-state index in [1.807, 2.05) is 4.90 Å². The number of phenolic OH excluding ortho intramolecular Hbond substituents is 1. The molecular formula is C15H21NO3. The van der Waals surface area contributed by atoms with E-state index < -0.39 is 0 Å². The highest BCUT2D eigenvalue weighted by atomic mass is 16.5. The number of aromatic hydroxyl groups is 1. The predicted octanol–water partition coefficient (Wildman–Crippen LogP) is 2.66. The van der Waals surface area contributed by atoms with Crippen molar-refractivity contribution in [3.05, 3.63) is 23.8 Å². The number of carbonyl (C=O) groups excluding carboxylic acids is 1. The van der Waals surface area contributed by atoms with Crippen LogP contribution in [0.3, 0.4) is 0 Å². The largest absolute Gasteiger partial charge is 0.504 e. The number of phenols is 1. The van der Waals surface area contributed by atoms with E-state index in [-0.39, 0.29) is 17.7 Å². The second kappa shape index (κ2) is 5.51. The molecule has 1 heterocycles. The number of rotatable bonds is 2. The standard InChI is InChI=1S/C15H21NO3/c1-10-4-5-11(2)16(9-10)15(18)12-6-7-14(19-3)13(17)8-12/h6-8,10-11,17H,4-5,9H2,1-3H3. The molecule has 0 aromatic heterocycles. The lowest BCUT2D eigenvalue weighted by molar-refractivity contribution is 0.0573. The fourth-order valence-electron chi connectivity index (χ4n) is 2.56. The molecule has 0 saturated carbocycles. The second-order valence-electron chi connectivity index (χ2n) is 5.38. The van der Waals surface area contributed by atoms with E-state index in [4.69, 9.17) is 4.74 Å². The van der Waals surface area contributed by atoms with Crippen LogP contribution < -0.4 is 4.74 Å². The molecule has 1 aromatic rings. The topological polar surface area (TPSA) is 49.8 Å². The number of amides is 1. The molecule has 0 radical (unpaired) electrons. The van der Waals surface area contributed by atoms with E-state index in [2.05, 4.69) is 13.8 Å². The van der Waals surface area contributed by atoms with Gasteiger partial charge in [-0.15, -0.1) is 0 Å². The summed E-state index contributed by atoms with van der Waals surface area (Å²) in [4.78, 5) is 14.4. The minimum atomic E-state index is -0.0167. The molecule has 4 nitrogen and oxygen atoms in total. The summed E-state index contributed by atoms with van der Waals surface area (Å²) in [6, 6.07) is 5.06. The number of nitrogens with zero attached hydrogens (tertiary/aromatic N) is 1. The van der Waals surface area contributed by atoms with Crippen LogP contribution in [-0.4, -0.2) is 35.6 Å². The number of methoxy groups -OCH3 is 1. The van der Waals surface area contributed by atoms with E-state index in [0.717, 1.165) is 13.0 Å². The molecule has 1 aliphatic heterocycles. The number of likely N-dealkylation sites (tertiary alicyclic amines) is 1. The second-order valence-corrected chi connectivity index (χ2v) is 5.38. The van der Waals surface area contributed by atoms with E-state index in [9.17, 15) is 9.90 Å². The quantitative estimate of drug-likeness (QED) is 0.892. The summed E-state index contributed by atoms with van der Waals surface area (Å²) >= 11 is 0. The zero-order valence-electron chi connectivity index (χ0n) is 11.7. The molecule has 0 bridgehead atoms. The van der Waals surface area contributed by atoms with Gasteiger partial charge >= 0.3 is 0 Å². The Balaban J connectivity index is 2.21. The van der Waals surface area contributed by atoms with Gasteiger partial charge in [0, 0.05) is 18.2 Å². The summed E-state index contributed by atoms with van der Waals surface area (Å²) < 4.78 is 4.99. The summed E-state index contributed by atoms with van der Waals surface area (Å²) in [5.41, 5.74) is 0.513. The Kier molecular flexibility index (Phi) is 3.98. The van der Waals surface area contributed by atoms with Gasteiger partial charge in [-0.05, 0) is 43.9 Å². The maximum Gasteiger partial charge on any atom is 0.254 e. The maximum atomic E-state index is 12.5. The van der Waals surface area contributed by atoms with E-state index in [1.165, 1.54) is 19.6 Å². The van der Waals surface area contributed by atoms with E-state index in [0.29, 0.717) is 17.2 Å². The van der Waals surface area contributed by atoms with Crippen LogP contribution >= 0.6 is 0 Å². The summed E-state index contributed by atoms with van der Waals surface area (Å²) in [7, 11) is 1.49. The van der Waals surface area contributed by atoms with Gasteiger partial charge in [-0.1, -0.05) is 6.92 Å². The summed E-state index contributed by atoms with van der Waals surface area (Å²) in [6.45, 7) is 5.03. The van der Waals surface area contributed by atoms with Gasteiger partial charge in [0.1, 0.15) is 0 Å². The first kappa shape index (κ1) is 13.7. The van der Waals surface area contributed by atoms with Crippen molar-refractivity contribution in [2.24, 2.45) is 5.92 Å². The first-order valence-electron chi connectivity index (χ1n) is 6.71. The number of benzene rings is 1. The molecule has 2 rings (SSSR count). The lowest BCUT2D eigenvalue weighted by Gasteiger charge is -2.36. The van der Waals surface area contributed by atoms with Crippen molar-refractivity contribution < 1.29 is 14.6 Å². The molecule has 4 heteroatoms. The van der Waals surface area contributed by atoms with Crippen molar-refractivity contribution in [3.8, 4) is 11.5 Å². The highest BCUT2D eigenvalue weighted by Gasteiger charge is 2.27. The van der Waals surface area contributed by atoms with Crippen molar-refractivity contribution in [2.75, 3.05) is 13.7 Å². The van der Waals surface area contributed by atoms with Crippen molar-refractivity contribution in [1.82, 2.24) is 4.90 Å². The van der Waals surface area contributed by atoms with Crippen LogP contribution in [0.15, 0.2) is 18.2 Å². The molecule has 104 valence electrons. The average molecular weight is 263 g/mol.